The first kappa shape index (κ1) is 17.5. The molecule has 0 saturated carbocycles. The summed E-state index contributed by atoms with van der Waals surface area (Å²) in [5.74, 6) is -0.130. The average Bonchev–Trinajstić information content (AvgIpc) is 3.16. The van der Waals surface area contributed by atoms with Crippen molar-refractivity contribution in [2.45, 2.75) is 44.2 Å². The molecular formula is C17H21Cl2N3O2. The van der Waals surface area contributed by atoms with E-state index in [4.69, 9.17) is 23.2 Å². The first-order chi connectivity index (χ1) is 11.5. The van der Waals surface area contributed by atoms with Gasteiger partial charge in [0, 0.05) is 34.7 Å². The lowest BCUT2D eigenvalue weighted by Gasteiger charge is -2.25. The standard InChI is InChI=1S/C17H21Cl2N3O2/c18-11-7-12(19)9-14(8-11)21-17(24)15-4-2-6-22(15)16(23)10-13-3-1-5-20-13/h7-9,13,15,20H,1-6,10H2,(H,21,24). The maximum atomic E-state index is 12.6. The molecule has 24 heavy (non-hydrogen) atoms. The molecule has 2 N–H and O–H groups in total. The van der Waals surface area contributed by atoms with Crippen LogP contribution in [0.25, 0.3) is 0 Å². The zero-order chi connectivity index (χ0) is 17.1. The number of rotatable bonds is 4. The molecule has 130 valence electrons. The fourth-order valence-corrected chi connectivity index (χ4v) is 3.97. The van der Waals surface area contributed by atoms with Crippen LogP contribution in [-0.4, -0.2) is 41.9 Å². The van der Waals surface area contributed by atoms with Crippen molar-refractivity contribution >= 4 is 40.7 Å². The molecule has 3 rings (SSSR count). The molecule has 2 aliphatic heterocycles. The maximum Gasteiger partial charge on any atom is 0.247 e. The Morgan fingerprint density at radius 3 is 2.58 bits per heavy atom. The lowest BCUT2D eigenvalue weighted by molar-refractivity contribution is -0.137. The van der Waals surface area contributed by atoms with E-state index in [2.05, 4.69) is 10.6 Å². The molecule has 0 radical (unpaired) electrons. The van der Waals surface area contributed by atoms with Gasteiger partial charge in [-0.3, -0.25) is 9.59 Å². The van der Waals surface area contributed by atoms with Crippen LogP contribution >= 0.6 is 23.2 Å². The Kier molecular flexibility index (Phi) is 5.64. The second-order valence-electron chi connectivity index (χ2n) is 6.39. The number of carbonyl (C=O) groups is 2. The number of carbonyl (C=O) groups excluding carboxylic acids is 2. The molecule has 0 aromatic heterocycles. The fraction of sp³-hybridized carbons (Fsp3) is 0.529. The zero-order valence-electron chi connectivity index (χ0n) is 13.4. The predicted molar refractivity (Wildman–Crippen MR) is 95.5 cm³/mol. The van der Waals surface area contributed by atoms with Gasteiger partial charge in [0.1, 0.15) is 6.04 Å². The molecule has 2 saturated heterocycles. The third-order valence-electron chi connectivity index (χ3n) is 4.59. The number of amides is 2. The van der Waals surface area contributed by atoms with Crippen molar-refractivity contribution < 1.29 is 9.59 Å². The van der Waals surface area contributed by atoms with Gasteiger partial charge in [-0.2, -0.15) is 0 Å². The van der Waals surface area contributed by atoms with Crippen molar-refractivity contribution in [3.63, 3.8) is 0 Å². The number of nitrogens with one attached hydrogen (secondary N) is 2. The highest BCUT2D eigenvalue weighted by Crippen LogP contribution is 2.25. The first-order valence-corrected chi connectivity index (χ1v) is 9.08. The van der Waals surface area contributed by atoms with Crippen LogP contribution in [-0.2, 0) is 9.59 Å². The molecule has 2 unspecified atom stereocenters. The van der Waals surface area contributed by atoms with E-state index in [0.717, 1.165) is 25.8 Å². The van der Waals surface area contributed by atoms with Gasteiger partial charge in [0.15, 0.2) is 0 Å². The topological polar surface area (TPSA) is 61.4 Å². The predicted octanol–water partition coefficient (Wildman–Crippen LogP) is 3.07. The summed E-state index contributed by atoms with van der Waals surface area (Å²) in [4.78, 5) is 26.8. The summed E-state index contributed by atoms with van der Waals surface area (Å²) in [6.07, 6.45) is 4.13. The number of anilines is 1. The molecule has 1 aromatic carbocycles. The van der Waals surface area contributed by atoms with Crippen LogP contribution in [0.1, 0.15) is 32.1 Å². The van der Waals surface area contributed by atoms with Gasteiger partial charge < -0.3 is 15.5 Å². The number of hydrogen-bond donors (Lipinski definition) is 2. The number of likely N-dealkylation sites (tertiary alicyclic amines) is 1. The average molecular weight is 370 g/mol. The largest absolute Gasteiger partial charge is 0.331 e. The summed E-state index contributed by atoms with van der Waals surface area (Å²) in [6, 6.07) is 4.73. The fourth-order valence-electron chi connectivity index (χ4n) is 3.45. The van der Waals surface area contributed by atoms with Crippen LogP contribution in [0, 0.1) is 0 Å². The minimum atomic E-state index is -0.420. The molecule has 2 fully saturated rings. The van der Waals surface area contributed by atoms with Gasteiger partial charge >= 0.3 is 0 Å². The number of nitrogens with zero attached hydrogens (tertiary/aromatic N) is 1. The van der Waals surface area contributed by atoms with E-state index in [-0.39, 0.29) is 17.9 Å². The van der Waals surface area contributed by atoms with Crippen LogP contribution in [0.2, 0.25) is 10.0 Å². The molecule has 2 aliphatic rings. The molecule has 0 aliphatic carbocycles. The minimum absolute atomic E-state index is 0.0520. The van der Waals surface area contributed by atoms with E-state index in [1.54, 1.807) is 23.1 Å². The molecule has 7 heteroatoms. The Labute approximate surface area is 151 Å². The highest BCUT2D eigenvalue weighted by molar-refractivity contribution is 6.35. The van der Waals surface area contributed by atoms with Crippen LogP contribution in [0.15, 0.2) is 18.2 Å². The molecule has 2 heterocycles. The lowest BCUT2D eigenvalue weighted by atomic mass is 10.1. The van der Waals surface area contributed by atoms with Crippen LogP contribution in [0.5, 0.6) is 0 Å². The Morgan fingerprint density at radius 1 is 1.17 bits per heavy atom. The van der Waals surface area contributed by atoms with Crippen molar-refractivity contribution in [1.82, 2.24) is 10.2 Å². The second-order valence-corrected chi connectivity index (χ2v) is 7.26. The molecule has 2 amide bonds. The van der Waals surface area contributed by atoms with Gasteiger partial charge in [0.2, 0.25) is 11.8 Å². The number of hydrogen-bond acceptors (Lipinski definition) is 3. The Bertz CT molecular complexity index is 612. The van der Waals surface area contributed by atoms with Gasteiger partial charge in [-0.15, -0.1) is 0 Å². The van der Waals surface area contributed by atoms with Crippen molar-refractivity contribution in [3.8, 4) is 0 Å². The van der Waals surface area contributed by atoms with E-state index < -0.39 is 6.04 Å². The van der Waals surface area contributed by atoms with Crippen molar-refractivity contribution in [2.75, 3.05) is 18.4 Å². The third-order valence-corrected chi connectivity index (χ3v) is 5.03. The van der Waals surface area contributed by atoms with Crippen LogP contribution in [0.3, 0.4) is 0 Å². The van der Waals surface area contributed by atoms with E-state index in [9.17, 15) is 9.59 Å². The molecule has 5 nitrogen and oxygen atoms in total. The molecule has 1 aromatic rings. The van der Waals surface area contributed by atoms with E-state index in [1.165, 1.54) is 0 Å². The monoisotopic (exact) mass is 369 g/mol. The SMILES string of the molecule is O=C(Nc1cc(Cl)cc(Cl)c1)C1CCCN1C(=O)CC1CCCN1. The van der Waals surface area contributed by atoms with Gasteiger partial charge in [-0.25, -0.2) is 0 Å². The first-order valence-electron chi connectivity index (χ1n) is 8.33. The Hall–Kier alpha value is -1.30. The van der Waals surface area contributed by atoms with Crippen LogP contribution < -0.4 is 10.6 Å². The molecule has 0 spiro atoms. The smallest absolute Gasteiger partial charge is 0.247 e. The lowest BCUT2D eigenvalue weighted by Crippen LogP contribution is -2.44. The second kappa shape index (κ2) is 7.72. The summed E-state index contributed by atoms with van der Waals surface area (Å²) in [7, 11) is 0. The van der Waals surface area contributed by atoms with E-state index in [1.807, 2.05) is 0 Å². The van der Waals surface area contributed by atoms with Gasteiger partial charge in [-0.05, 0) is 50.4 Å². The highest BCUT2D eigenvalue weighted by Gasteiger charge is 2.35. The normalized spacial score (nSPS) is 23.5. The quantitative estimate of drug-likeness (QED) is 0.857. The molecular weight excluding hydrogens is 349 g/mol. The van der Waals surface area contributed by atoms with Gasteiger partial charge in [0.05, 0.1) is 0 Å². The minimum Gasteiger partial charge on any atom is -0.331 e. The highest BCUT2D eigenvalue weighted by atomic mass is 35.5. The molecule has 2 atom stereocenters. The Balaban J connectivity index is 1.63. The maximum absolute atomic E-state index is 12.6. The summed E-state index contributed by atoms with van der Waals surface area (Å²) in [5.41, 5.74) is 0.550. The summed E-state index contributed by atoms with van der Waals surface area (Å²) in [5, 5.41) is 7.08. The summed E-state index contributed by atoms with van der Waals surface area (Å²) >= 11 is 11.9. The van der Waals surface area contributed by atoms with Crippen molar-refractivity contribution in [3.05, 3.63) is 28.2 Å². The summed E-state index contributed by atoms with van der Waals surface area (Å²) in [6.45, 7) is 1.61. The molecule has 0 bridgehead atoms. The van der Waals surface area contributed by atoms with Crippen LogP contribution in [0.4, 0.5) is 5.69 Å². The zero-order valence-corrected chi connectivity index (χ0v) is 14.9. The summed E-state index contributed by atoms with van der Waals surface area (Å²) < 4.78 is 0. The van der Waals surface area contributed by atoms with Crippen molar-refractivity contribution in [1.29, 1.82) is 0 Å². The van der Waals surface area contributed by atoms with Crippen molar-refractivity contribution in [2.24, 2.45) is 0 Å². The van der Waals surface area contributed by atoms with Gasteiger partial charge in [-0.1, -0.05) is 23.2 Å². The third kappa shape index (κ3) is 4.21. The number of benzene rings is 1. The number of halogens is 2. The Morgan fingerprint density at radius 2 is 1.92 bits per heavy atom. The van der Waals surface area contributed by atoms with E-state index >= 15 is 0 Å². The van der Waals surface area contributed by atoms with E-state index in [0.29, 0.717) is 35.1 Å². The van der Waals surface area contributed by atoms with Gasteiger partial charge in [0.25, 0.3) is 0 Å².